The molecule has 1 atom stereocenters. The first kappa shape index (κ1) is 16.7. The van der Waals surface area contributed by atoms with E-state index >= 15 is 0 Å². The van der Waals surface area contributed by atoms with Gasteiger partial charge in [-0.1, -0.05) is 0 Å². The lowest BCUT2D eigenvalue weighted by atomic mass is 10.2. The van der Waals surface area contributed by atoms with Gasteiger partial charge in [0.25, 0.3) is 5.78 Å². The molecule has 136 valence electrons. The maximum atomic E-state index is 5.85. The molecule has 0 bridgehead atoms. The van der Waals surface area contributed by atoms with Crippen molar-refractivity contribution >= 4 is 11.6 Å². The summed E-state index contributed by atoms with van der Waals surface area (Å²) in [6.45, 7) is 8.52. The molecule has 25 heavy (non-hydrogen) atoms. The molecule has 2 aliphatic rings. The molecule has 0 spiro atoms. The number of fused-ring (bicyclic) bond motifs is 1. The molecule has 0 saturated carbocycles. The summed E-state index contributed by atoms with van der Waals surface area (Å²) in [5, 5.41) is 4.31. The molecule has 2 fully saturated rings. The summed E-state index contributed by atoms with van der Waals surface area (Å²) in [4.78, 5) is 13.4. The van der Waals surface area contributed by atoms with Crippen LogP contribution in [0, 0.1) is 6.92 Å². The Hall–Kier alpha value is -1.77. The standard InChI is InChI=1S/C17H26N6O2/c1-14-12-15(23-17(20-14)18-13-19-23)22-7-5-21(6-8-22)9-11-25-16-4-2-3-10-24-16/h12-13,16H,2-11H2,1H3/t16-/m1/s1. The molecule has 2 aliphatic heterocycles. The molecule has 4 heterocycles. The van der Waals surface area contributed by atoms with Crippen molar-refractivity contribution in [1.29, 1.82) is 0 Å². The third kappa shape index (κ3) is 3.91. The van der Waals surface area contributed by atoms with E-state index in [4.69, 9.17) is 9.47 Å². The number of hydrogen-bond donors (Lipinski definition) is 0. The van der Waals surface area contributed by atoms with Gasteiger partial charge in [0.1, 0.15) is 12.1 Å². The van der Waals surface area contributed by atoms with Gasteiger partial charge in [0.05, 0.1) is 6.61 Å². The number of anilines is 1. The smallest absolute Gasteiger partial charge is 0.254 e. The number of hydrogen-bond acceptors (Lipinski definition) is 7. The van der Waals surface area contributed by atoms with E-state index in [9.17, 15) is 0 Å². The lowest BCUT2D eigenvalue weighted by Gasteiger charge is -2.36. The fraction of sp³-hybridized carbons (Fsp3) is 0.706. The fourth-order valence-corrected chi connectivity index (χ4v) is 3.49. The van der Waals surface area contributed by atoms with Crippen LogP contribution < -0.4 is 4.90 Å². The van der Waals surface area contributed by atoms with Gasteiger partial charge in [-0.2, -0.15) is 14.6 Å². The van der Waals surface area contributed by atoms with Crippen LogP contribution in [-0.2, 0) is 9.47 Å². The summed E-state index contributed by atoms with van der Waals surface area (Å²) < 4.78 is 13.3. The highest BCUT2D eigenvalue weighted by Crippen LogP contribution is 2.18. The zero-order chi connectivity index (χ0) is 17.1. The lowest BCUT2D eigenvalue weighted by Crippen LogP contribution is -2.48. The van der Waals surface area contributed by atoms with E-state index in [-0.39, 0.29) is 6.29 Å². The van der Waals surface area contributed by atoms with Crippen LogP contribution in [0.1, 0.15) is 25.0 Å². The molecule has 8 heteroatoms. The Bertz CT molecular complexity index is 692. The van der Waals surface area contributed by atoms with Crippen molar-refractivity contribution in [3.05, 3.63) is 18.1 Å². The van der Waals surface area contributed by atoms with E-state index in [1.54, 1.807) is 6.33 Å². The van der Waals surface area contributed by atoms with E-state index in [0.717, 1.165) is 70.3 Å². The fourth-order valence-electron chi connectivity index (χ4n) is 3.49. The molecular weight excluding hydrogens is 320 g/mol. The third-order valence-electron chi connectivity index (χ3n) is 4.91. The highest BCUT2D eigenvalue weighted by Gasteiger charge is 2.21. The highest BCUT2D eigenvalue weighted by molar-refractivity contribution is 5.47. The van der Waals surface area contributed by atoms with Crippen molar-refractivity contribution in [2.45, 2.75) is 32.5 Å². The minimum atomic E-state index is 0.00966. The number of aryl methyl sites for hydroxylation is 1. The van der Waals surface area contributed by atoms with Gasteiger partial charge in [-0.25, -0.2) is 4.98 Å². The van der Waals surface area contributed by atoms with E-state index < -0.39 is 0 Å². The minimum absolute atomic E-state index is 0.00966. The molecule has 0 aliphatic carbocycles. The summed E-state index contributed by atoms with van der Waals surface area (Å²) >= 11 is 0. The quantitative estimate of drug-likeness (QED) is 0.803. The molecule has 0 N–H and O–H groups in total. The van der Waals surface area contributed by atoms with Crippen LogP contribution in [0.3, 0.4) is 0 Å². The van der Waals surface area contributed by atoms with Gasteiger partial charge in [-0.05, 0) is 26.2 Å². The molecular formula is C17H26N6O2. The van der Waals surface area contributed by atoms with Crippen LogP contribution in [0.4, 0.5) is 5.82 Å². The Labute approximate surface area is 147 Å². The lowest BCUT2D eigenvalue weighted by molar-refractivity contribution is -0.164. The molecule has 0 radical (unpaired) electrons. The largest absolute Gasteiger partial charge is 0.354 e. The maximum absolute atomic E-state index is 5.85. The van der Waals surface area contributed by atoms with Crippen LogP contribution in [0.2, 0.25) is 0 Å². The second-order valence-corrected chi connectivity index (χ2v) is 6.72. The number of piperazine rings is 1. The molecule has 0 aromatic carbocycles. The SMILES string of the molecule is Cc1cc(N2CCN(CCO[C@@H]3CCCCO3)CC2)n2ncnc2n1. The Morgan fingerprint density at radius 3 is 2.92 bits per heavy atom. The Morgan fingerprint density at radius 2 is 2.12 bits per heavy atom. The van der Waals surface area contributed by atoms with Gasteiger partial charge in [0.2, 0.25) is 0 Å². The van der Waals surface area contributed by atoms with Crippen molar-refractivity contribution in [1.82, 2.24) is 24.5 Å². The predicted octanol–water partition coefficient (Wildman–Crippen LogP) is 1.10. The Morgan fingerprint density at radius 1 is 1.24 bits per heavy atom. The average molecular weight is 346 g/mol. The predicted molar refractivity (Wildman–Crippen MR) is 93.7 cm³/mol. The van der Waals surface area contributed by atoms with Gasteiger partial charge in [0.15, 0.2) is 6.29 Å². The average Bonchev–Trinajstić information content (AvgIpc) is 3.11. The van der Waals surface area contributed by atoms with Gasteiger partial charge in [0, 0.05) is 51.1 Å². The van der Waals surface area contributed by atoms with Crippen LogP contribution >= 0.6 is 0 Å². The molecule has 0 amide bonds. The Balaban J connectivity index is 1.28. The molecule has 2 aromatic heterocycles. The first-order chi connectivity index (χ1) is 12.3. The van der Waals surface area contributed by atoms with Gasteiger partial charge in [-0.15, -0.1) is 0 Å². The monoisotopic (exact) mass is 346 g/mol. The second-order valence-electron chi connectivity index (χ2n) is 6.72. The number of aromatic nitrogens is 4. The van der Waals surface area contributed by atoms with Crippen LogP contribution in [0.15, 0.2) is 12.4 Å². The number of ether oxygens (including phenoxy) is 2. The van der Waals surface area contributed by atoms with Crippen molar-refractivity contribution in [2.24, 2.45) is 0 Å². The van der Waals surface area contributed by atoms with Crippen LogP contribution in [0.25, 0.3) is 5.78 Å². The molecule has 0 unspecified atom stereocenters. The van der Waals surface area contributed by atoms with E-state index in [2.05, 4.69) is 30.9 Å². The molecule has 2 saturated heterocycles. The molecule has 2 aromatic rings. The van der Waals surface area contributed by atoms with Gasteiger partial charge >= 0.3 is 0 Å². The normalized spacial score (nSPS) is 22.6. The minimum Gasteiger partial charge on any atom is -0.354 e. The summed E-state index contributed by atoms with van der Waals surface area (Å²) in [5.41, 5.74) is 0.971. The maximum Gasteiger partial charge on any atom is 0.254 e. The van der Waals surface area contributed by atoms with E-state index in [0.29, 0.717) is 5.78 Å². The zero-order valence-electron chi connectivity index (χ0n) is 14.8. The first-order valence-corrected chi connectivity index (χ1v) is 9.17. The topological polar surface area (TPSA) is 68.0 Å². The van der Waals surface area contributed by atoms with Crippen molar-refractivity contribution in [2.75, 3.05) is 50.8 Å². The van der Waals surface area contributed by atoms with E-state index in [1.165, 1.54) is 6.42 Å². The molecule has 4 rings (SSSR count). The van der Waals surface area contributed by atoms with Gasteiger partial charge in [-0.3, -0.25) is 4.90 Å². The van der Waals surface area contributed by atoms with Gasteiger partial charge < -0.3 is 14.4 Å². The van der Waals surface area contributed by atoms with Crippen molar-refractivity contribution < 1.29 is 9.47 Å². The third-order valence-corrected chi connectivity index (χ3v) is 4.91. The van der Waals surface area contributed by atoms with E-state index in [1.807, 2.05) is 11.4 Å². The summed E-state index contributed by atoms with van der Waals surface area (Å²) in [7, 11) is 0. The zero-order valence-corrected chi connectivity index (χ0v) is 14.8. The number of rotatable bonds is 5. The first-order valence-electron chi connectivity index (χ1n) is 9.17. The number of nitrogens with zero attached hydrogens (tertiary/aromatic N) is 6. The summed E-state index contributed by atoms with van der Waals surface area (Å²) in [6.07, 6.45) is 4.98. The highest BCUT2D eigenvalue weighted by atomic mass is 16.7. The van der Waals surface area contributed by atoms with Crippen molar-refractivity contribution in [3.63, 3.8) is 0 Å². The molecule has 8 nitrogen and oxygen atoms in total. The van der Waals surface area contributed by atoms with Crippen LogP contribution in [-0.4, -0.2) is 76.7 Å². The Kier molecular flexibility index (Phi) is 5.09. The second kappa shape index (κ2) is 7.63. The van der Waals surface area contributed by atoms with Crippen molar-refractivity contribution in [3.8, 4) is 0 Å². The van der Waals surface area contributed by atoms with Crippen LogP contribution in [0.5, 0.6) is 0 Å². The summed E-state index contributed by atoms with van der Waals surface area (Å²) in [6, 6.07) is 2.08. The summed E-state index contributed by atoms with van der Waals surface area (Å²) in [5.74, 6) is 1.74.